The fourth-order valence-electron chi connectivity index (χ4n) is 2.23. The average Bonchev–Trinajstić information content (AvgIpc) is 2.62. The van der Waals surface area contributed by atoms with Crippen molar-refractivity contribution in [1.82, 2.24) is 15.3 Å². The molecule has 1 amide bonds. The van der Waals surface area contributed by atoms with Crippen LogP contribution in [-0.4, -0.2) is 38.6 Å². The van der Waals surface area contributed by atoms with E-state index in [4.69, 9.17) is 33.0 Å². The Hall–Kier alpha value is -3.10. The summed E-state index contributed by atoms with van der Waals surface area (Å²) in [5.41, 5.74) is -0.289. The molecule has 3 N–H and O–H groups in total. The van der Waals surface area contributed by atoms with E-state index in [2.05, 4.69) is 15.3 Å². The molecule has 0 unspecified atom stereocenters. The highest BCUT2D eigenvalue weighted by Crippen LogP contribution is 2.33. The molecular formula is C17H11Cl2N3O5. The number of ether oxygens (including phenoxy) is 1. The van der Waals surface area contributed by atoms with Crippen LogP contribution >= 0.6 is 23.2 Å². The van der Waals surface area contributed by atoms with E-state index in [0.717, 1.165) is 0 Å². The van der Waals surface area contributed by atoms with Crippen LogP contribution < -0.4 is 10.1 Å². The molecule has 10 heteroatoms. The van der Waals surface area contributed by atoms with Crippen molar-refractivity contribution in [3.63, 3.8) is 0 Å². The van der Waals surface area contributed by atoms with Crippen molar-refractivity contribution in [2.45, 2.75) is 0 Å². The molecule has 0 aliphatic carbocycles. The lowest BCUT2D eigenvalue weighted by Gasteiger charge is -2.10. The second-order valence-electron chi connectivity index (χ2n) is 5.28. The number of carboxylic acids is 1. The van der Waals surface area contributed by atoms with Crippen LogP contribution in [0.1, 0.15) is 10.5 Å². The Morgan fingerprint density at radius 1 is 1.15 bits per heavy atom. The van der Waals surface area contributed by atoms with Crippen LogP contribution in [0.2, 0.25) is 10.2 Å². The van der Waals surface area contributed by atoms with Crippen LogP contribution in [0, 0.1) is 0 Å². The van der Waals surface area contributed by atoms with Gasteiger partial charge in [0, 0.05) is 16.5 Å². The molecule has 2 aromatic heterocycles. The summed E-state index contributed by atoms with van der Waals surface area (Å²) in [4.78, 5) is 30.5. The van der Waals surface area contributed by atoms with Gasteiger partial charge in [-0.2, -0.15) is 0 Å². The Labute approximate surface area is 162 Å². The number of fused-ring (bicyclic) bond motifs is 1. The Morgan fingerprint density at radius 2 is 1.93 bits per heavy atom. The first-order valence-corrected chi connectivity index (χ1v) is 8.23. The maximum atomic E-state index is 12.0. The van der Waals surface area contributed by atoms with Crippen LogP contribution in [0.3, 0.4) is 0 Å². The van der Waals surface area contributed by atoms with E-state index in [1.807, 2.05) is 0 Å². The first-order valence-electron chi connectivity index (χ1n) is 7.48. The molecule has 0 fully saturated rings. The van der Waals surface area contributed by atoms with Gasteiger partial charge in [0.1, 0.15) is 17.8 Å². The molecular weight excluding hydrogens is 397 g/mol. The van der Waals surface area contributed by atoms with Crippen LogP contribution in [0.4, 0.5) is 0 Å². The number of benzene rings is 1. The summed E-state index contributed by atoms with van der Waals surface area (Å²) < 4.78 is 5.60. The van der Waals surface area contributed by atoms with Crippen molar-refractivity contribution in [2.75, 3.05) is 6.54 Å². The second-order valence-corrected chi connectivity index (χ2v) is 6.08. The number of aliphatic carboxylic acids is 1. The van der Waals surface area contributed by atoms with Crippen molar-refractivity contribution in [2.24, 2.45) is 0 Å². The van der Waals surface area contributed by atoms with Gasteiger partial charge in [0.2, 0.25) is 5.88 Å². The van der Waals surface area contributed by atoms with E-state index in [0.29, 0.717) is 10.8 Å². The van der Waals surface area contributed by atoms with Gasteiger partial charge in [-0.1, -0.05) is 29.3 Å². The van der Waals surface area contributed by atoms with Crippen LogP contribution in [0.15, 0.2) is 36.4 Å². The third-order valence-electron chi connectivity index (χ3n) is 3.39. The number of carbonyl (C=O) groups excluding carboxylic acids is 1. The molecule has 3 aromatic rings. The number of aromatic nitrogens is 2. The monoisotopic (exact) mass is 407 g/mol. The van der Waals surface area contributed by atoms with E-state index < -0.39 is 29.9 Å². The van der Waals surface area contributed by atoms with Gasteiger partial charge in [-0.25, -0.2) is 9.97 Å². The summed E-state index contributed by atoms with van der Waals surface area (Å²) in [5, 5.41) is 21.5. The molecule has 0 saturated heterocycles. The number of hydrogen-bond donors (Lipinski definition) is 3. The van der Waals surface area contributed by atoms with Gasteiger partial charge in [-0.15, -0.1) is 0 Å². The summed E-state index contributed by atoms with van der Waals surface area (Å²) >= 11 is 12.0. The zero-order valence-corrected chi connectivity index (χ0v) is 15.0. The number of pyridine rings is 2. The quantitative estimate of drug-likeness (QED) is 0.554. The van der Waals surface area contributed by atoms with E-state index >= 15 is 0 Å². The lowest BCUT2D eigenvalue weighted by molar-refractivity contribution is -0.135. The van der Waals surface area contributed by atoms with Crippen LogP contribution in [-0.2, 0) is 4.79 Å². The summed E-state index contributed by atoms with van der Waals surface area (Å²) in [5.74, 6) is -1.96. The maximum Gasteiger partial charge on any atom is 0.322 e. The molecule has 0 saturated carbocycles. The van der Waals surface area contributed by atoms with Gasteiger partial charge in [0.05, 0.1) is 0 Å². The molecule has 0 bridgehead atoms. The zero-order valence-electron chi connectivity index (χ0n) is 13.4. The first-order chi connectivity index (χ1) is 12.8. The molecule has 0 aliphatic heterocycles. The van der Waals surface area contributed by atoms with Gasteiger partial charge >= 0.3 is 5.97 Å². The molecule has 138 valence electrons. The molecule has 3 rings (SSSR count). The Balaban J connectivity index is 1.96. The summed E-state index contributed by atoms with van der Waals surface area (Å²) in [6.45, 7) is -0.625. The smallest absolute Gasteiger partial charge is 0.322 e. The van der Waals surface area contributed by atoms with Crippen molar-refractivity contribution < 1.29 is 24.5 Å². The van der Waals surface area contributed by atoms with Crippen molar-refractivity contribution in [3.05, 3.63) is 52.3 Å². The fraction of sp³-hybridized carbons (Fsp3) is 0.0588. The van der Waals surface area contributed by atoms with E-state index in [1.54, 1.807) is 24.3 Å². The topological polar surface area (TPSA) is 122 Å². The molecule has 0 radical (unpaired) electrons. The molecule has 0 aliphatic rings. The Kier molecular flexibility index (Phi) is 5.29. The summed E-state index contributed by atoms with van der Waals surface area (Å²) in [6.07, 6.45) is 0. The number of hydrogen-bond acceptors (Lipinski definition) is 6. The third kappa shape index (κ3) is 4.18. The third-order valence-corrected chi connectivity index (χ3v) is 3.89. The number of amides is 1. The van der Waals surface area contributed by atoms with Gasteiger partial charge in [0.25, 0.3) is 5.91 Å². The average molecular weight is 408 g/mol. The Morgan fingerprint density at radius 3 is 2.63 bits per heavy atom. The minimum absolute atomic E-state index is 0.114. The van der Waals surface area contributed by atoms with Crippen molar-refractivity contribution in [1.29, 1.82) is 0 Å². The largest absolute Gasteiger partial charge is 0.505 e. The highest BCUT2D eigenvalue weighted by molar-refractivity contribution is 6.34. The molecule has 0 spiro atoms. The Bertz CT molecular complexity index is 1060. The van der Waals surface area contributed by atoms with Gasteiger partial charge < -0.3 is 20.3 Å². The first kappa shape index (κ1) is 18.7. The number of rotatable bonds is 5. The number of carboxylic acid groups (broad SMARTS) is 1. The lowest BCUT2D eigenvalue weighted by Crippen LogP contribution is -2.30. The van der Waals surface area contributed by atoms with E-state index in [-0.39, 0.29) is 21.9 Å². The molecule has 1 aromatic carbocycles. The number of nitrogens with one attached hydrogen (secondary N) is 1. The predicted octanol–water partition coefficient (Wildman–Crippen LogP) is 3.25. The van der Waals surface area contributed by atoms with Crippen LogP contribution in [0.25, 0.3) is 10.9 Å². The zero-order chi connectivity index (χ0) is 19.6. The highest BCUT2D eigenvalue weighted by Gasteiger charge is 2.20. The van der Waals surface area contributed by atoms with Gasteiger partial charge in [-0.3, -0.25) is 9.59 Å². The minimum atomic E-state index is -1.24. The van der Waals surface area contributed by atoms with E-state index in [9.17, 15) is 14.7 Å². The van der Waals surface area contributed by atoms with Crippen molar-refractivity contribution >= 4 is 46.0 Å². The molecule has 0 atom stereocenters. The second kappa shape index (κ2) is 7.65. The predicted molar refractivity (Wildman–Crippen MR) is 97.7 cm³/mol. The molecule has 27 heavy (non-hydrogen) atoms. The van der Waals surface area contributed by atoms with Gasteiger partial charge in [0.15, 0.2) is 16.6 Å². The van der Waals surface area contributed by atoms with Crippen LogP contribution in [0.5, 0.6) is 17.4 Å². The number of nitrogens with zero attached hydrogens (tertiary/aromatic N) is 2. The van der Waals surface area contributed by atoms with E-state index in [1.165, 1.54) is 12.1 Å². The van der Waals surface area contributed by atoms with Crippen molar-refractivity contribution in [3.8, 4) is 17.4 Å². The fourth-order valence-corrected chi connectivity index (χ4v) is 2.64. The normalized spacial score (nSPS) is 10.6. The molecule has 8 nitrogen and oxygen atoms in total. The van der Waals surface area contributed by atoms with Gasteiger partial charge in [-0.05, 0) is 24.3 Å². The summed E-state index contributed by atoms with van der Waals surface area (Å²) in [7, 11) is 0. The number of halogens is 2. The highest BCUT2D eigenvalue weighted by atomic mass is 35.5. The maximum absolute atomic E-state index is 12.0. The standard InChI is InChI=1S/C17H11Cl2N3O5/c18-8-2-1-3-9(6-8)27-11-5-4-10-13(21-11)16(19)22-14(15(10)25)17(26)20-7-12(23)24/h1-6,25H,7H2,(H,20,26)(H,23,24). The minimum Gasteiger partial charge on any atom is -0.505 e. The SMILES string of the molecule is O=C(O)CNC(=O)c1nc(Cl)c2nc(Oc3cccc(Cl)c3)ccc2c1O. The number of aromatic hydroxyl groups is 1. The lowest BCUT2D eigenvalue weighted by atomic mass is 10.2. The number of carbonyl (C=O) groups is 2. The summed E-state index contributed by atoms with van der Waals surface area (Å²) in [6, 6.07) is 9.61. The molecule has 2 heterocycles.